The summed E-state index contributed by atoms with van der Waals surface area (Å²) in [5, 5.41) is 3.80. The van der Waals surface area contributed by atoms with Gasteiger partial charge < -0.3 is 14.8 Å². The molecule has 3 heterocycles. The first-order valence-electron chi connectivity index (χ1n) is 8.41. The van der Waals surface area contributed by atoms with Crippen molar-refractivity contribution < 1.29 is 14.3 Å². The van der Waals surface area contributed by atoms with Crippen LogP contribution in [0.4, 0.5) is 0 Å². The molecular formula is C20H17N3O3S. The van der Waals surface area contributed by atoms with Crippen molar-refractivity contribution in [1.29, 1.82) is 0 Å². The molecule has 0 radical (unpaired) electrons. The molecular weight excluding hydrogens is 362 g/mol. The summed E-state index contributed by atoms with van der Waals surface area (Å²) in [5.74, 6) is 1.26. The van der Waals surface area contributed by atoms with Crippen LogP contribution in [0, 0.1) is 6.92 Å². The van der Waals surface area contributed by atoms with E-state index >= 15 is 0 Å². The number of amides is 1. The number of hydrogen-bond donors (Lipinski definition) is 1. The second kappa shape index (κ2) is 7.59. The largest absolute Gasteiger partial charge is 0.454 e. The molecule has 4 rings (SSSR count). The van der Waals surface area contributed by atoms with Crippen molar-refractivity contribution in [2.24, 2.45) is 0 Å². The first-order chi connectivity index (χ1) is 13.2. The summed E-state index contributed by atoms with van der Waals surface area (Å²) >= 11 is 1.56. The van der Waals surface area contributed by atoms with Gasteiger partial charge in [-0.2, -0.15) is 0 Å². The minimum Gasteiger partial charge on any atom is -0.454 e. The lowest BCUT2D eigenvalue weighted by molar-refractivity contribution is -0.116. The monoisotopic (exact) mass is 379 g/mol. The van der Waals surface area contributed by atoms with E-state index in [4.69, 9.17) is 9.47 Å². The van der Waals surface area contributed by atoms with Crippen molar-refractivity contribution in [2.75, 3.05) is 6.79 Å². The Balaban J connectivity index is 1.37. The molecule has 3 aromatic rings. The van der Waals surface area contributed by atoms with E-state index in [9.17, 15) is 4.79 Å². The number of carbonyl (C=O) groups excluding carboxylic acids is 1. The maximum atomic E-state index is 12.1. The number of nitrogens with one attached hydrogen (secondary N) is 1. The highest BCUT2D eigenvalue weighted by molar-refractivity contribution is 7.15. The maximum absolute atomic E-state index is 12.1. The molecule has 0 atom stereocenters. The highest BCUT2D eigenvalue weighted by Crippen LogP contribution is 2.32. The Kier molecular flexibility index (Phi) is 4.84. The van der Waals surface area contributed by atoms with Crippen molar-refractivity contribution in [2.45, 2.75) is 13.5 Å². The zero-order chi connectivity index (χ0) is 18.6. The number of rotatable bonds is 5. The fourth-order valence-electron chi connectivity index (χ4n) is 2.62. The summed E-state index contributed by atoms with van der Waals surface area (Å²) in [6.45, 7) is 2.62. The van der Waals surface area contributed by atoms with Crippen molar-refractivity contribution in [3.63, 3.8) is 0 Å². The van der Waals surface area contributed by atoms with Gasteiger partial charge in [0.15, 0.2) is 11.5 Å². The molecule has 1 aliphatic heterocycles. The van der Waals surface area contributed by atoms with E-state index in [-0.39, 0.29) is 12.7 Å². The van der Waals surface area contributed by atoms with Gasteiger partial charge in [-0.25, -0.2) is 4.98 Å². The first-order valence-corrected chi connectivity index (χ1v) is 9.23. The number of carbonyl (C=O) groups is 1. The molecule has 0 bridgehead atoms. The van der Waals surface area contributed by atoms with E-state index in [0.29, 0.717) is 12.3 Å². The molecule has 1 aromatic carbocycles. The topological polar surface area (TPSA) is 73.3 Å². The lowest BCUT2D eigenvalue weighted by Crippen LogP contribution is -2.20. The number of nitrogens with zero attached hydrogens (tertiary/aromatic N) is 2. The quantitative estimate of drug-likeness (QED) is 0.686. The van der Waals surface area contributed by atoms with Crippen LogP contribution in [0.1, 0.15) is 16.1 Å². The van der Waals surface area contributed by atoms with Crippen LogP contribution >= 0.6 is 11.3 Å². The Bertz CT molecular complexity index is 999. The van der Waals surface area contributed by atoms with Crippen LogP contribution in [-0.2, 0) is 11.3 Å². The Morgan fingerprint density at radius 3 is 3.04 bits per heavy atom. The minimum absolute atomic E-state index is 0.164. The van der Waals surface area contributed by atoms with Gasteiger partial charge in [-0.3, -0.25) is 9.78 Å². The van der Waals surface area contributed by atoms with E-state index in [2.05, 4.69) is 15.3 Å². The van der Waals surface area contributed by atoms with Gasteiger partial charge in [0.2, 0.25) is 12.7 Å². The van der Waals surface area contributed by atoms with Gasteiger partial charge in [0.05, 0.1) is 12.2 Å². The second-order valence-corrected chi connectivity index (χ2v) is 7.02. The van der Waals surface area contributed by atoms with E-state index < -0.39 is 0 Å². The molecule has 0 saturated carbocycles. The van der Waals surface area contributed by atoms with Crippen LogP contribution < -0.4 is 14.8 Å². The van der Waals surface area contributed by atoms with E-state index in [1.54, 1.807) is 29.8 Å². The van der Waals surface area contributed by atoms with Crippen LogP contribution in [0.3, 0.4) is 0 Å². The van der Waals surface area contributed by atoms with Crippen molar-refractivity contribution in [3.05, 3.63) is 64.9 Å². The number of pyridine rings is 1. The van der Waals surface area contributed by atoms with Crippen molar-refractivity contribution in [1.82, 2.24) is 15.3 Å². The Labute approximate surface area is 160 Å². The fourth-order valence-corrected chi connectivity index (χ4v) is 3.61. The lowest BCUT2D eigenvalue weighted by Gasteiger charge is -2.01. The van der Waals surface area contributed by atoms with Crippen LogP contribution in [0.5, 0.6) is 11.5 Å². The molecule has 0 spiro atoms. The van der Waals surface area contributed by atoms with Crippen LogP contribution in [0.2, 0.25) is 0 Å². The van der Waals surface area contributed by atoms with Crippen LogP contribution in [-0.4, -0.2) is 22.7 Å². The highest BCUT2D eigenvalue weighted by atomic mass is 32.1. The molecule has 1 N–H and O–H groups in total. The predicted octanol–water partition coefficient (Wildman–Crippen LogP) is 3.57. The number of hydrogen-bond acceptors (Lipinski definition) is 6. The second-order valence-electron chi connectivity index (χ2n) is 5.93. The molecule has 2 aromatic heterocycles. The van der Waals surface area contributed by atoms with E-state index in [0.717, 1.165) is 32.5 Å². The SMILES string of the molecule is Cc1nc(-c2cccnc2)sc1CNC(=O)/C=C/c1ccc2c(c1)OCO2. The number of aryl methyl sites for hydroxylation is 1. The third-order valence-corrected chi connectivity index (χ3v) is 5.25. The van der Waals surface area contributed by atoms with Gasteiger partial charge in [-0.15, -0.1) is 11.3 Å². The predicted molar refractivity (Wildman–Crippen MR) is 104 cm³/mol. The molecule has 0 unspecified atom stereocenters. The number of thiazole rings is 1. The van der Waals surface area contributed by atoms with Crippen LogP contribution in [0.25, 0.3) is 16.6 Å². The summed E-state index contributed by atoms with van der Waals surface area (Å²) in [6.07, 6.45) is 6.78. The molecule has 0 aliphatic carbocycles. The Morgan fingerprint density at radius 1 is 1.30 bits per heavy atom. The summed E-state index contributed by atoms with van der Waals surface area (Å²) in [5.41, 5.74) is 2.77. The normalized spacial score (nSPS) is 12.5. The third-order valence-electron chi connectivity index (χ3n) is 4.05. The standard InChI is InChI=1S/C20H17N3O3S/c1-13-18(27-20(23-13)15-3-2-8-21-10-15)11-22-19(24)7-5-14-4-6-16-17(9-14)26-12-25-16/h2-10H,11-12H2,1H3,(H,22,24)/b7-5+. The average molecular weight is 379 g/mol. The summed E-state index contributed by atoms with van der Waals surface area (Å²) in [7, 11) is 0. The van der Waals surface area contributed by atoms with Gasteiger partial charge >= 0.3 is 0 Å². The maximum Gasteiger partial charge on any atom is 0.244 e. The average Bonchev–Trinajstić information content (AvgIpc) is 3.31. The molecule has 7 heteroatoms. The highest BCUT2D eigenvalue weighted by Gasteiger charge is 2.13. The van der Waals surface area contributed by atoms with Crippen molar-refractivity contribution in [3.8, 4) is 22.1 Å². The van der Waals surface area contributed by atoms with Gasteiger partial charge in [0, 0.05) is 28.9 Å². The smallest absolute Gasteiger partial charge is 0.244 e. The number of aromatic nitrogens is 2. The van der Waals surface area contributed by atoms with Crippen molar-refractivity contribution >= 4 is 23.3 Å². The Hall–Kier alpha value is -3.19. The zero-order valence-corrected chi connectivity index (χ0v) is 15.5. The fraction of sp³-hybridized carbons (Fsp3) is 0.150. The summed E-state index contributed by atoms with van der Waals surface area (Å²) in [4.78, 5) is 21.8. The minimum atomic E-state index is -0.164. The van der Waals surface area contributed by atoms with E-state index in [1.807, 2.05) is 37.3 Å². The van der Waals surface area contributed by atoms with Gasteiger partial charge in [0.1, 0.15) is 5.01 Å². The first kappa shape index (κ1) is 17.2. The summed E-state index contributed by atoms with van der Waals surface area (Å²) < 4.78 is 10.6. The molecule has 0 saturated heterocycles. The molecule has 1 aliphatic rings. The number of fused-ring (bicyclic) bond motifs is 1. The van der Waals surface area contributed by atoms with Crippen LogP contribution in [0.15, 0.2) is 48.8 Å². The zero-order valence-electron chi connectivity index (χ0n) is 14.6. The summed E-state index contributed by atoms with van der Waals surface area (Å²) in [6, 6.07) is 9.42. The van der Waals surface area contributed by atoms with E-state index in [1.165, 1.54) is 6.08 Å². The molecule has 27 heavy (non-hydrogen) atoms. The Morgan fingerprint density at radius 2 is 2.19 bits per heavy atom. The molecule has 1 amide bonds. The van der Waals surface area contributed by atoms with Gasteiger partial charge in [0.25, 0.3) is 0 Å². The van der Waals surface area contributed by atoms with Gasteiger partial charge in [-0.1, -0.05) is 6.07 Å². The molecule has 136 valence electrons. The molecule has 6 nitrogen and oxygen atoms in total. The number of ether oxygens (including phenoxy) is 2. The molecule has 0 fully saturated rings. The van der Waals surface area contributed by atoms with Gasteiger partial charge in [-0.05, 0) is 42.8 Å². The number of benzene rings is 1. The lowest BCUT2D eigenvalue weighted by atomic mass is 10.2. The third kappa shape index (κ3) is 3.98.